The Kier molecular flexibility index (Phi) is 73.6. The van der Waals surface area contributed by atoms with Crippen molar-refractivity contribution in [2.24, 2.45) is 0 Å². The van der Waals surface area contributed by atoms with Crippen LogP contribution in [0.3, 0.4) is 0 Å². The monoisotopic (exact) mass is 1860 g/mol. The predicted molar refractivity (Wildman–Crippen MR) is 483 cm³/mol. The van der Waals surface area contributed by atoms with Gasteiger partial charge in [0.1, 0.15) is 31.3 Å². The predicted octanol–water partition coefficient (Wildman–Crippen LogP) is 5.09. The number of ether oxygens (including phenoxy) is 18. The zero-order valence-corrected chi connectivity index (χ0v) is 77.5. The molecule has 125 heavy (non-hydrogen) atoms. The Labute approximate surface area is 743 Å². The maximum atomic E-state index is 9.52. The first-order valence-corrected chi connectivity index (χ1v) is 51.8. The number of aliphatic hydroxyl groups excluding tert-OH is 9. The molecule has 0 radical (unpaired) electrons. The molecule has 4 aromatic rings. The zero-order chi connectivity index (χ0) is 89.2. The quantitative estimate of drug-likeness (QED) is 0.0155. The molecule has 720 valence electrons. The second-order valence-corrected chi connectivity index (χ2v) is 38.5. The van der Waals surface area contributed by atoms with Crippen molar-refractivity contribution in [1.29, 1.82) is 0 Å². The summed E-state index contributed by atoms with van der Waals surface area (Å²) in [6, 6.07) is 6.01. The molecule has 1 aromatic carbocycles. The molecule has 13 N–H and O–H groups in total. The molecule has 44 heteroatoms. The molecular formula is C81H149N13O27P4. The number of nitrogens with zero attached hydrogens (tertiary/aromatic N) is 9. The molecule has 0 saturated heterocycles. The van der Waals surface area contributed by atoms with Crippen molar-refractivity contribution in [2.45, 2.75) is 90.4 Å². The summed E-state index contributed by atoms with van der Waals surface area (Å²) in [4.78, 5) is 40.0. The van der Waals surface area contributed by atoms with Crippen molar-refractivity contribution in [1.82, 2.24) is 44.9 Å². The van der Waals surface area contributed by atoms with E-state index >= 15 is 0 Å². The summed E-state index contributed by atoms with van der Waals surface area (Å²) in [5.41, 5.74) is 0.806. The van der Waals surface area contributed by atoms with Gasteiger partial charge in [0.2, 0.25) is 17.8 Å². The van der Waals surface area contributed by atoms with Gasteiger partial charge in [-0.05, 0) is 151 Å². The van der Waals surface area contributed by atoms with Crippen LogP contribution in [0.25, 0.3) is 0 Å². The van der Waals surface area contributed by atoms with Crippen LogP contribution in [-0.4, -0.2) is 429 Å². The summed E-state index contributed by atoms with van der Waals surface area (Å²) in [6.07, 6.45) is 22.3. The summed E-state index contributed by atoms with van der Waals surface area (Å²) < 4.78 is 105. The van der Waals surface area contributed by atoms with Gasteiger partial charge in [0.15, 0.2) is 6.79 Å². The van der Waals surface area contributed by atoms with Gasteiger partial charge in [-0.25, -0.2) is 0 Å². The number of hydrogen-bond donors (Lipinski definition) is 13. The van der Waals surface area contributed by atoms with Crippen molar-refractivity contribution < 1.29 is 131 Å². The Balaban J connectivity index is 1.24. The van der Waals surface area contributed by atoms with Gasteiger partial charge in [0.25, 0.3) is 0 Å². The fourth-order valence-electron chi connectivity index (χ4n) is 11.5. The van der Waals surface area contributed by atoms with Crippen molar-refractivity contribution in [3.05, 3.63) is 18.2 Å². The largest absolute Gasteiger partial charge is 0.493 e. The van der Waals surface area contributed by atoms with Gasteiger partial charge in [0.05, 0.1) is 165 Å². The maximum Gasteiger partial charge on any atom is 0.326 e. The first-order chi connectivity index (χ1) is 61.7. The smallest absolute Gasteiger partial charge is 0.326 e. The van der Waals surface area contributed by atoms with Crippen LogP contribution in [0, 0.1) is 0 Å². The normalized spacial score (nSPS) is 11.8. The fraction of sp³-hybridized carbons (Fsp3) is 0.815. The van der Waals surface area contributed by atoms with E-state index in [-0.39, 0.29) is 231 Å². The number of benzene rings is 1. The second kappa shape index (κ2) is 82.0. The van der Waals surface area contributed by atoms with Crippen LogP contribution in [0.1, 0.15) is 90.4 Å². The molecule has 3 aromatic heterocycles. The van der Waals surface area contributed by atoms with E-state index in [9.17, 15) is 35.7 Å². The van der Waals surface area contributed by atoms with Crippen LogP contribution in [-0.2, 0) is 47.4 Å². The van der Waals surface area contributed by atoms with Crippen molar-refractivity contribution in [3.8, 4) is 47.6 Å². The molecule has 1 unspecified atom stereocenters. The van der Waals surface area contributed by atoms with Crippen LogP contribution in [0.2, 0.25) is 0 Å². The average Bonchev–Trinajstić information content (AvgIpc) is 0.884. The molecule has 0 amide bonds. The van der Waals surface area contributed by atoms with Crippen LogP contribution in [0.5, 0.6) is 47.6 Å². The lowest BCUT2D eigenvalue weighted by Crippen LogP contribution is -2.17. The van der Waals surface area contributed by atoms with Crippen molar-refractivity contribution in [2.75, 3.05) is 359 Å². The number of rotatable bonds is 94. The number of hydrogen-bond acceptors (Lipinski definition) is 40. The summed E-state index contributed by atoms with van der Waals surface area (Å²) >= 11 is 0. The molecule has 3 heterocycles. The third kappa shape index (κ3) is 62.7. The highest BCUT2D eigenvalue weighted by Crippen LogP contribution is 2.41. The van der Waals surface area contributed by atoms with E-state index in [1.165, 1.54) is 0 Å². The highest BCUT2D eigenvalue weighted by atomic mass is 31.1. The van der Waals surface area contributed by atoms with E-state index in [2.05, 4.69) is 73.0 Å². The minimum atomic E-state index is -0.377. The molecule has 0 saturated carbocycles. The molecule has 0 bridgehead atoms. The van der Waals surface area contributed by atoms with E-state index < -0.39 is 0 Å². The van der Waals surface area contributed by atoms with Gasteiger partial charge < -0.3 is 152 Å². The lowest BCUT2D eigenvalue weighted by Gasteiger charge is -2.17. The summed E-state index contributed by atoms with van der Waals surface area (Å²) in [6.45, 7) is 12.4. The Morgan fingerprint density at radius 1 is 0.224 bits per heavy atom. The molecule has 40 nitrogen and oxygen atoms in total. The number of aliphatic hydroxyl groups is 9. The standard InChI is InChI=1S/C81H149N13O27P4/c1-2-3-54-122(55-4-19-95)63-12-29-118-78-88-75(85-18-35-107-41-45-111-49-52-119-79-89-73(83-16-33-105-39-43-109-37-27-103)86-76(92-79)116-30-13-64-124(58-7-22-98)59-8-23-99)91-81(94-78)121-69-113-47-46-112-50-53-120-80-90-74(87-77(93-80)117-31-14-65-125(60-9-24-100)61-10-25-101)84-17-34-106-40-44-110-48-51-115-72-67-70(82-15-32-104-38-42-108-36-26-102)66-71(68-72)114-28-11-62-123(56-5-20-96)57-6-21-97/h66-68,82,95-103H,2-65,69H2,1H3,(H,83,86,89,92)(H,84,87,90,93)(H,85,88,91,94). The maximum absolute atomic E-state index is 9.52. The minimum Gasteiger partial charge on any atom is -0.493 e. The molecular weight excluding hydrogens is 1710 g/mol. The molecule has 0 aliphatic carbocycles. The molecule has 4 rings (SSSR count). The lowest BCUT2D eigenvalue weighted by atomic mass is 10.2. The molecule has 0 aliphatic heterocycles. The van der Waals surface area contributed by atoms with E-state index in [1.54, 1.807) is 0 Å². The van der Waals surface area contributed by atoms with Gasteiger partial charge in [0, 0.05) is 96.3 Å². The van der Waals surface area contributed by atoms with E-state index in [0.717, 1.165) is 163 Å². The first-order valence-electron chi connectivity index (χ1n) is 44.2. The fourth-order valence-corrected chi connectivity index (χ4v) is 21.3. The Hall–Kier alpha value is -5.19. The number of aromatic nitrogens is 9. The SMILES string of the molecule is CCCCP(CCCO)CCCOc1nc(NCCOCCOCCOc2nc(NCCOCCOCCO)nc(OCCCP(CCCO)CCCO)n2)nc(OCOCCOCCOc2nc(NCCOCCOCCOc3cc(NCCOCCOCCO)cc(OCCCP(CCCO)CCCO)c3)nc(OCCCP(CCCO)CCCO)n2)n1. The highest BCUT2D eigenvalue weighted by Gasteiger charge is 2.18. The van der Waals surface area contributed by atoms with Gasteiger partial charge in [-0.1, -0.05) is 13.3 Å². The molecule has 0 spiro atoms. The second-order valence-electron chi connectivity index (χ2n) is 27.8. The highest BCUT2D eigenvalue weighted by molar-refractivity contribution is 7.58. The molecule has 0 fully saturated rings. The Bertz CT molecular complexity index is 2890. The zero-order valence-electron chi connectivity index (χ0n) is 73.9. The summed E-state index contributed by atoms with van der Waals surface area (Å²) in [5, 5.41) is 96.7. The summed E-state index contributed by atoms with van der Waals surface area (Å²) in [7, 11) is -1.24. The van der Waals surface area contributed by atoms with Crippen LogP contribution in [0.4, 0.5) is 23.5 Å². The van der Waals surface area contributed by atoms with Crippen molar-refractivity contribution in [3.63, 3.8) is 0 Å². The van der Waals surface area contributed by atoms with Gasteiger partial charge in [-0.3, -0.25) is 0 Å². The average molecular weight is 1860 g/mol. The van der Waals surface area contributed by atoms with Crippen molar-refractivity contribution >= 4 is 55.2 Å². The Morgan fingerprint density at radius 3 is 0.776 bits per heavy atom. The van der Waals surface area contributed by atoms with Gasteiger partial charge in [-0.15, -0.1) is 46.6 Å². The first kappa shape index (κ1) is 112. The van der Waals surface area contributed by atoms with Gasteiger partial charge in [-0.2, -0.15) is 29.9 Å². The molecule has 1 atom stereocenters. The van der Waals surface area contributed by atoms with Crippen LogP contribution >= 0.6 is 31.7 Å². The van der Waals surface area contributed by atoms with Crippen LogP contribution in [0.15, 0.2) is 18.2 Å². The third-order valence-electron chi connectivity index (χ3n) is 17.5. The number of nitrogens with one attached hydrogen (secondary N) is 4. The summed E-state index contributed by atoms with van der Waals surface area (Å²) in [5.74, 6) is 1.96. The van der Waals surface area contributed by atoms with Gasteiger partial charge >= 0.3 is 36.1 Å². The number of unbranched alkanes of at least 4 members (excludes halogenated alkanes) is 1. The Morgan fingerprint density at radius 2 is 0.464 bits per heavy atom. The lowest BCUT2D eigenvalue weighted by molar-refractivity contribution is -0.0241. The minimum absolute atomic E-state index is 0.0157. The topological polar surface area (TPSA) is 512 Å². The number of anilines is 4. The molecule has 0 aliphatic rings. The van der Waals surface area contributed by atoms with E-state index in [4.69, 9.17) is 95.5 Å². The third-order valence-corrected chi connectivity index (χ3v) is 28.9. The van der Waals surface area contributed by atoms with E-state index in [0.29, 0.717) is 130 Å². The van der Waals surface area contributed by atoms with E-state index in [1.807, 2.05) is 18.2 Å². The van der Waals surface area contributed by atoms with Crippen LogP contribution < -0.4 is 59.2 Å².